The second kappa shape index (κ2) is 11.2. The van der Waals surface area contributed by atoms with Gasteiger partial charge in [0.15, 0.2) is 12.5 Å². The topological polar surface area (TPSA) is 59.1 Å². The molecule has 24 heavy (non-hydrogen) atoms. The summed E-state index contributed by atoms with van der Waals surface area (Å²) in [6.45, 7) is 17.4. The van der Waals surface area contributed by atoms with Crippen LogP contribution < -0.4 is 0 Å². The maximum absolute atomic E-state index is 11.8. The third-order valence-electron chi connectivity index (χ3n) is 3.92. The molecular formula is C18H34N2O4. The summed E-state index contributed by atoms with van der Waals surface area (Å²) in [6.07, 6.45) is 1.54. The molecule has 6 nitrogen and oxygen atoms in total. The van der Waals surface area contributed by atoms with Gasteiger partial charge in [-0.05, 0) is 54.6 Å². The molecule has 0 aromatic rings. The first-order valence-electron chi connectivity index (χ1n) is 8.74. The van der Waals surface area contributed by atoms with Gasteiger partial charge in [0.2, 0.25) is 0 Å². The summed E-state index contributed by atoms with van der Waals surface area (Å²) < 4.78 is 10.6. The Hall–Kier alpha value is -1.40. The fourth-order valence-corrected chi connectivity index (χ4v) is 2.77. The fraction of sp³-hybridized carbons (Fsp3) is 0.778. The van der Waals surface area contributed by atoms with Crippen molar-refractivity contribution in [3.05, 3.63) is 12.2 Å². The molecule has 0 saturated heterocycles. The summed E-state index contributed by atoms with van der Waals surface area (Å²) in [5.74, 6) is -1.11. The highest BCUT2D eigenvalue weighted by Crippen LogP contribution is 2.08. The average molecular weight is 342 g/mol. The molecule has 0 heterocycles. The van der Waals surface area contributed by atoms with E-state index in [2.05, 4.69) is 0 Å². The third kappa shape index (κ3) is 7.93. The number of esters is 2. The minimum atomic E-state index is -0.553. The number of rotatable bonds is 10. The van der Waals surface area contributed by atoms with Gasteiger partial charge in [0.05, 0.1) is 0 Å². The molecule has 2 unspecified atom stereocenters. The van der Waals surface area contributed by atoms with Crippen molar-refractivity contribution in [2.45, 2.75) is 79.9 Å². The molecule has 2 atom stereocenters. The fourth-order valence-electron chi connectivity index (χ4n) is 2.77. The van der Waals surface area contributed by atoms with Gasteiger partial charge in [-0.2, -0.15) is 0 Å². The minimum Gasteiger partial charge on any atom is -0.443 e. The van der Waals surface area contributed by atoms with Gasteiger partial charge in [0, 0.05) is 24.2 Å². The van der Waals surface area contributed by atoms with Gasteiger partial charge in [0.25, 0.3) is 0 Å². The van der Waals surface area contributed by atoms with Crippen LogP contribution in [0.15, 0.2) is 12.2 Å². The second-order valence-electron chi connectivity index (χ2n) is 6.25. The number of carbonyl (C=O) groups is 2. The van der Waals surface area contributed by atoms with Crippen molar-refractivity contribution in [3.63, 3.8) is 0 Å². The molecule has 0 spiro atoms. The summed E-state index contributed by atoms with van der Waals surface area (Å²) in [5, 5.41) is 0. The van der Waals surface area contributed by atoms with Crippen molar-refractivity contribution in [2.75, 3.05) is 13.1 Å². The van der Waals surface area contributed by atoms with E-state index < -0.39 is 11.9 Å². The zero-order valence-corrected chi connectivity index (χ0v) is 16.4. The van der Waals surface area contributed by atoms with Crippen LogP contribution in [0.1, 0.15) is 55.4 Å². The summed E-state index contributed by atoms with van der Waals surface area (Å²) in [4.78, 5) is 27.7. The van der Waals surface area contributed by atoms with Gasteiger partial charge in [-0.15, -0.1) is 0 Å². The zero-order chi connectivity index (χ0) is 18.9. The predicted molar refractivity (Wildman–Crippen MR) is 95.3 cm³/mol. The van der Waals surface area contributed by atoms with Crippen molar-refractivity contribution in [1.29, 1.82) is 0 Å². The lowest BCUT2D eigenvalue weighted by Crippen LogP contribution is -2.41. The van der Waals surface area contributed by atoms with E-state index in [1.54, 1.807) is 0 Å². The highest BCUT2D eigenvalue weighted by atomic mass is 16.6. The van der Waals surface area contributed by atoms with Gasteiger partial charge in [-0.1, -0.05) is 13.8 Å². The van der Waals surface area contributed by atoms with Gasteiger partial charge < -0.3 is 9.47 Å². The molecule has 6 heteroatoms. The van der Waals surface area contributed by atoms with E-state index in [0.717, 1.165) is 25.2 Å². The van der Waals surface area contributed by atoms with Crippen LogP contribution in [0.25, 0.3) is 0 Å². The Labute approximate surface area is 146 Å². The van der Waals surface area contributed by atoms with E-state index in [1.807, 2.05) is 65.2 Å². The van der Waals surface area contributed by atoms with E-state index in [4.69, 9.17) is 9.47 Å². The quantitative estimate of drug-likeness (QED) is 0.346. The second-order valence-corrected chi connectivity index (χ2v) is 6.25. The highest BCUT2D eigenvalue weighted by Gasteiger charge is 2.19. The molecule has 0 fully saturated rings. The maximum atomic E-state index is 11.8. The van der Waals surface area contributed by atoms with E-state index in [9.17, 15) is 9.59 Å². The predicted octanol–water partition coefficient (Wildman–Crippen LogP) is 2.78. The molecule has 0 rings (SSSR count). The first kappa shape index (κ1) is 22.6. The molecule has 0 aliphatic carbocycles. The van der Waals surface area contributed by atoms with Crippen molar-refractivity contribution >= 4 is 11.9 Å². The monoisotopic (exact) mass is 342 g/mol. The third-order valence-corrected chi connectivity index (χ3v) is 3.92. The summed E-state index contributed by atoms with van der Waals surface area (Å²) in [6, 6.07) is 0.535. The van der Waals surface area contributed by atoms with Gasteiger partial charge in [0.1, 0.15) is 0 Å². The Morgan fingerprint density at radius 3 is 1.25 bits per heavy atom. The molecule has 0 radical (unpaired) electrons. The van der Waals surface area contributed by atoms with Gasteiger partial charge in [-0.3, -0.25) is 9.80 Å². The normalized spacial score (nSPS) is 14.7. The Balaban J connectivity index is 4.51. The van der Waals surface area contributed by atoms with E-state index in [0.29, 0.717) is 0 Å². The molecule has 0 amide bonds. The molecule has 0 aliphatic heterocycles. The molecule has 0 bridgehead atoms. The van der Waals surface area contributed by atoms with Gasteiger partial charge in [-0.25, -0.2) is 9.59 Å². The molecular weight excluding hydrogens is 308 g/mol. The van der Waals surface area contributed by atoms with E-state index in [-0.39, 0.29) is 24.5 Å². The van der Waals surface area contributed by atoms with E-state index in [1.165, 1.54) is 0 Å². The first-order chi connectivity index (χ1) is 11.1. The smallest absolute Gasteiger partial charge is 0.332 e. The van der Waals surface area contributed by atoms with Crippen LogP contribution in [0.5, 0.6) is 0 Å². The molecule has 0 aromatic carbocycles. The first-order valence-corrected chi connectivity index (χ1v) is 8.74. The van der Waals surface area contributed by atoms with Crippen molar-refractivity contribution < 1.29 is 19.1 Å². The lowest BCUT2D eigenvalue weighted by Gasteiger charge is -2.30. The largest absolute Gasteiger partial charge is 0.443 e. The van der Waals surface area contributed by atoms with Crippen LogP contribution in [0.4, 0.5) is 0 Å². The van der Waals surface area contributed by atoms with Crippen molar-refractivity contribution in [3.8, 4) is 0 Å². The Morgan fingerprint density at radius 1 is 0.750 bits per heavy atom. The number of nitrogens with zero attached hydrogens (tertiary/aromatic N) is 2. The van der Waals surface area contributed by atoms with Crippen LogP contribution in [-0.2, 0) is 19.1 Å². The SMILES string of the molecule is CCN(C(C)C)C(C)OC(=O)/C=C\C(=O)OC(C)N(CC)C(C)C. The maximum Gasteiger partial charge on any atom is 0.332 e. The van der Waals surface area contributed by atoms with E-state index >= 15 is 0 Å². The molecule has 0 aromatic heterocycles. The summed E-state index contributed by atoms with van der Waals surface area (Å²) in [7, 11) is 0. The highest BCUT2D eigenvalue weighted by molar-refractivity contribution is 5.91. The van der Waals surface area contributed by atoms with Crippen LogP contribution in [0, 0.1) is 0 Å². The Bertz CT molecular complexity index is 383. The summed E-state index contributed by atoms with van der Waals surface area (Å²) in [5.41, 5.74) is 0. The number of hydrogen-bond donors (Lipinski definition) is 0. The van der Waals surface area contributed by atoms with Crippen LogP contribution in [0.2, 0.25) is 0 Å². The number of ether oxygens (including phenoxy) is 2. The molecule has 0 N–H and O–H groups in total. The lowest BCUT2D eigenvalue weighted by molar-refractivity contribution is -0.155. The zero-order valence-electron chi connectivity index (χ0n) is 16.4. The minimum absolute atomic E-state index is 0.267. The molecule has 140 valence electrons. The average Bonchev–Trinajstić information content (AvgIpc) is 2.45. The number of hydrogen-bond acceptors (Lipinski definition) is 6. The van der Waals surface area contributed by atoms with Crippen LogP contribution in [-0.4, -0.2) is 59.4 Å². The van der Waals surface area contributed by atoms with Gasteiger partial charge >= 0.3 is 11.9 Å². The Morgan fingerprint density at radius 2 is 1.04 bits per heavy atom. The lowest BCUT2D eigenvalue weighted by atomic mass is 10.3. The Kier molecular flexibility index (Phi) is 10.6. The molecule has 0 aliphatic rings. The summed E-state index contributed by atoms with van der Waals surface area (Å²) >= 11 is 0. The molecule has 0 saturated carbocycles. The van der Waals surface area contributed by atoms with Crippen LogP contribution >= 0.6 is 0 Å². The standard InChI is InChI=1S/C18H34N2O4/c1-9-19(13(3)4)15(7)23-17(21)11-12-18(22)24-16(8)20(10-2)14(5)6/h11-16H,9-10H2,1-8H3/b12-11-. The van der Waals surface area contributed by atoms with Crippen molar-refractivity contribution in [1.82, 2.24) is 9.80 Å². The van der Waals surface area contributed by atoms with Crippen LogP contribution in [0.3, 0.4) is 0 Å². The van der Waals surface area contributed by atoms with Crippen molar-refractivity contribution in [2.24, 2.45) is 0 Å². The number of carbonyl (C=O) groups excluding carboxylic acids is 2.